The highest BCUT2D eigenvalue weighted by molar-refractivity contribution is 5.93. The summed E-state index contributed by atoms with van der Waals surface area (Å²) in [6.07, 6.45) is 0.000556. The van der Waals surface area contributed by atoms with E-state index in [-0.39, 0.29) is 13.0 Å². The number of imide groups is 1. The van der Waals surface area contributed by atoms with Crippen LogP contribution < -0.4 is 16.4 Å². The van der Waals surface area contributed by atoms with Gasteiger partial charge in [0.15, 0.2) is 0 Å². The van der Waals surface area contributed by atoms with Crippen LogP contribution in [0.15, 0.2) is 0 Å². The molecule has 0 aliphatic heterocycles. The highest BCUT2D eigenvalue weighted by Crippen LogP contribution is 1.83. The van der Waals surface area contributed by atoms with Crippen LogP contribution >= 0.6 is 0 Å². The Bertz CT molecular complexity index is 241. The summed E-state index contributed by atoms with van der Waals surface area (Å²) in [5.74, 6) is -1.54. The molecule has 0 aliphatic rings. The molecule has 7 heteroatoms. The van der Waals surface area contributed by atoms with E-state index >= 15 is 0 Å². The number of nitrogens with one attached hydrogen (secondary N) is 2. The number of hydrogen-bond donors (Lipinski definition) is 4. The number of amides is 3. The zero-order valence-electron chi connectivity index (χ0n) is 7.74. The molecule has 0 aliphatic carbocycles. The Labute approximate surface area is 80.6 Å². The van der Waals surface area contributed by atoms with Gasteiger partial charge in [0.1, 0.15) is 6.04 Å². The molecule has 1 atom stereocenters. The third kappa shape index (κ3) is 5.95. The van der Waals surface area contributed by atoms with E-state index in [9.17, 15) is 14.4 Å². The third-order valence-electron chi connectivity index (χ3n) is 1.44. The van der Waals surface area contributed by atoms with Gasteiger partial charge >= 0.3 is 12.0 Å². The van der Waals surface area contributed by atoms with Crippen molar-refractivity contribution in [3.63, 3.8) is 0 Å². The Balaban J connectivity index is 3.59. The molecule has 0 aromatic rings. The van der Waals surface area contributed by atoms with E-state index in [4.69, 9.17) is 5.11 Å². The van der Waals surface area contributed by atoms with E-state index in [1.54, 1.807) is 0 Å². The van der Waals surface area contributed by atoms with Crippen molar-refractivity contribution in [2.45, 2.75) is 19.4 Å². The Morgan fingerprint density at radius 3 is 2.43 bits per heavy atom. The van der Waals surface area contributed by atoms with Gasteiger partial charge < -0.3 is 16.2 Å². The normalized spacial score (nSPS) is 11.8. The van der Waals surface area contributed by atoms with Crippen LogP contribution in [0, 0.1) is 0 Å². The van der Waals surface area contributed by atoms with Gasteiger partial charge in [-0.15, -0.1) is 0 Å². The van der Waals surface area contributed by atoms with Crippen LogP contribution in [-0.4, -0.2) is 35.6 Å². The number of carbonyl (C=O) groups is 3. The lowest BCUT2D eigenvalue weighted by Gasteiger charge is -2.07. The number of nitrogens with two attached hydrogens (primary N) is 1. The second-order valence-electron chi connectivity index (χ2n) is 2.68. The van der Waals surface area contributed by atoms with E-state index in [0.717, 1.165) is 0 Å². The Morgan fingerprint density at radius 1 is 1.43 bits per heavy atom. The van der Waals surface area contributed by atoms with Gasteiger partial charge in [0.2, 0.25) is 5.91 Å². The van der Waals surface area contributed by atoms with Crippen LogP contribution in [0.25, 0.3) is 0 Å². The van der Waals surface area contributed by atoms with Gasteiger partial charge in [-0.1, -0.05) is 0 Å². The predicted octanol–water partition coefficient (Wildman–Crippen LogP) is -1.37. The Morgan fingerprint density at radius 2 is 2.00 bits per heavy atom. The second-order valence-corrected chi connectivity index (χ2v) is 2.68. The summed E-state index contributed by atoms with van der Waals surface area (Å²) >= 11 is 0. The van der Waals surface area contributed by atoms with Crippen molar-refractivity contribution in [2.75, 3.05) is 6.54 Å². The van der Waals surface area contributed by atoms with Crippen molar-refractivity contribution < 1.29 is 19.5 Å². The lowest BCUT2D eigenvalue weighted by Crippen LogP contribution is -2.39. The maximum Gasteiger partial charge on any atom is 0.320 e. The van der Waals surface area contributed by atoms with Crippen LogP contribution in [0.2, 0.25) is 0 Å². The fraction of sp³-hybridized carbons (Fsp3) is 0.571. The molecular weight excluding hydrogens is 190 g/mol. The van der Waals surface area contributed by atoms with Crippen LogP contribution in [0.4, 0.5) is 4.79 Å². The molecule has 0 radical (unpaired) electrons. The highest BCUT2D eigenvalue weighted by atomic mass is 16.4. The number of carboxylic acid groups (broad SMARTS) is 1. The SMILES string of the molecule is C[C@H](NCCC(=O)NC(N)=O)C(=O)O. The summed E-state index contributed by atoms with van der Waals surface area (Å²) in [6, 6.07) is -1.64. The number of primary amides is 1. The van der Waals surface area contributed by atoms with Gasteiger partial charge in [-0.25, -0.2) is 4.79 Å². The van der Waals surface area contributed by atoms with Crippen molar-refractivity contribution in [1.29, 1.82) is 0 Å². The van der Waals surface area contributed by atoms with Crippen molar-refractivity contribution in [1.82, 2.24) is 10.6 Å². The average Bonchev–Trinajstić information content (AvgIpc) is 2.02. The molecule has 0 spiro atoms. The number of urea groups is 1. The summed E-state index contributed by atoms with van der Waals surface area (Å²) < 4.78 is 0. The first-order valence-electron chi connectivity index (χ1n) is 3.99. The number of aliphatic carboxylic acids is 1. The molecule has 0 fully saturated rings. The molecule has 0 aromatic heterocycles. The fourth-order valence-electron chi connectivity index (χ4n) is 0.689. The lowest BCUT2D eigenvalue weighted by molar-refractivity contribution is -0.139. The van der Waals surface area contributed by atoms with E-state index in [0.29, 0.717) is 0 Å². The summed E-state index contributed by atoms with van der Waals surface area (Å²) in [6.45, 7) is 1.63. The average molecular weight is 203 g/mol. The smallest absolute Gasteiger partial charge is 0.320 e. The molecule has 0 heterocycles. The van der Waals surface area contributed by atoms with Gasteiger partial charge in [0.05, 0.1) is 0 Å². The van der Waals surface area contributed by atoms with Crippen LogP contribution in [0.1, 0.15) is 13.3 Å². The zero-order chi connectivity index (χ0) is 11.1. The number of rotatable bonds is 5. The van der Waals surface area contributed by atoms with E-state index < -0.39 is 23.9 Å². The molecule has 80 valence electrons. The monoisotopic (exact) mass is 203 g/mol. The minimum absolute atomic E-state index is 0.000556. The maximum atomic E-state index is 10.8. The van der Waals surface area contributed by atoms with E-state index in [1.807, 2.05) is 5.32 Å². The second kappa shape index (κ2) is 5.92. The molecule has 0 bridgehead atoms. The largest absolute Gasteiger partial charge is 0.480 e. The van der Waals surface area contributed by atoms with E-state index in [1.165, 1.54) is 6.92 Å². The molecule has 5 N–H and O–H groups in total. The molecule has 3 amide bonds. The standard InChI is InChI=1S/C7H13N3O4/c1-4(6(12)13)9-3-2-5(11)10-7(8)14/h4,9H,2-3H2,1H3,(H,12,13)(H3,8,10,11,14)/t4-/m0/s1. The first kappa shape index (κ1) is 12.4. The van der Waals surface area contributed by atoms with Crippen molar-refractivity contribution in [3.05, 3.63) is 0 Å². The molecular formula is C7H13N3O4. The minimum atomic E-state index is -1.000. The zero-order valence-corrected chi connectivity index (χ0v) is 7.74. The molecule has 14 heavy (non-hydrogen) atoms. The molecule has 0 aromatic carbocycles. The van der Waals surface area contributed by atoms with Gasteiger partial charge in [0.25, 0.3) is 0 Å². The first-order valence-corrected chi connectivity index (χ1v) is 3.99. The van der Waals surface area contributed by atoms with E-state index in [2.05, 4.69) is 11.1 Å². The quantitative estimate of drug-likeness (QED) is 0.439. The van der Waals surface area contributed by atoms with Crippen LogP contribution in [0.3, 0.4) is 0 Å². The topological polar surface area (TPSA) is 122 Å². The van der Waals surface area contributed by atoms with Crippen molar-refractivity contribution in [3.8, 4) is 0 Å². The summed E-state index contributed by atoms with van der Waals surface area (Å²) in [7, 11) is 0. The molecule has 0 unspecified atom stereocenters. The number of hydrogen-bond acceptors (Lipinski definition) is 4. The molecule has 0 rings (SSSR count). The molecule has 0 saturated carbocycles. The highest BCUT2D eigenvalue weighted by Gasteiger charge is 2.10. The third-order valence-corrected chi connectivity index (χ3v) is 1.44. The van der Waals surface area contributed by atoms with Crippen molar-refractivity contribution >= 4 is 17.9 Å². The van der Waals surface area contributed by atoms with Crippen LogP contribution in [-0.2, 0) is 9.59 Å². The number of carbonyl (C=O) groups excluding carboxylic acids is 2. The Hall–Kier alpha value is -1.63. The Kier molecular flexibility index (Phi) is 5.23. The van der Waals surface area contributed by atoms with Gasteiger partial charge in [0, 0.05) is 13.0 Å². The summed E-state index contributed by atoms with van der Waals surface area (Å²) in [5, 5.41) is 12.9. The molecule has 7 nitrogen and oxygen atoms in total. The fourth-order valence-corrected chi connectivity index (χ4v) is 0.689. The molecule has 0 saturated heterocycles. The van der Waals surface area contributed by atoms with Gasteiger partial charge in [-0.3, -0.25) is 14.9 Å². The predicted molar refractivity (Wildman–Crippen MR) is 47.4 cm³/mol. The maximum absolute atomic E-state index is 10.8. The van der Waals surface area contributed by atoms with Crippen molar-refractivity contribution in [2.24, 2.45) is 5.73 Å². The van der Waals surface area contributed by atoms with Crippen LogP contribution in [0.5, 0.6) is 0 Å². The summed E-state index contributed by atoms with van der Waals surface area (Å²) in [4.78, 5) is 31.3. The minimum Gasteiger partial charge on any atom is -0.480 e. The lowest BCUT2D eigenvalue weighted by atomic mass is 10.3. The van der Waals surface area contributed by atoms with Gasteiger partial charge in [-0.05, 0) is 6.92 Å². The first-order chi connectivity index (χ1) is 6.43. The summed E-state index contributed by atoms with van der Waals surface area (Å²) in [5.41, 5.74) is 4.69. The number of carboxylic acids is 1. The van der Waals surface area contributed by atoms with Gasteiger partial charge in [-0.2, -0.15) is 0 Å².